The number of hydrogen-bond acceptors (Lipinski definition) is 3. The minimum atomic E-state index is -0.570. The van der Waals surface area contributed by atoms with E-state index >= 15 is 0 Å². The first-order valence-corrected chi connectivity index (χ1v) is 7.29. The van der Waals surface area contributed by atoms with Gasteiger partial charge in [-0.25, -0.2) is 0 Å². The van der Waals surface area contributed by atoms with Crippen LogP contribution in [0.3, 0.4) is 0 Å². The first-order chi connectivity index (χ1) is 10.2. The third-order valence-corrected chi connectivity index (χ3v) is 3.54. The van der Waals surface area contributed by atoms with E-state index in [-0.39, 0.29) is 0 Å². The van der Waals surface area contributed by atoms with Crippen LogP contribution in [0.15, 0.2) is 54.6 Å². The fraction of sp³-hybridized carbons (Fsp3) is 0.333. The molecule has 0 saturated carbocycles. The molecule has 0 amide bonds. The Bertz CT molecular complexity index is 542. The molecule has 0 saturated heterocycles. The number of methoxy groups -OCH3 is 1. The van der Waals surface area contributed by atoms with E-state index in [2.05, 4.69) is 24.4 Å². The number of hydrogen-bond donors (Lipinski definition) is 2. The van der Waals surface area contributed by atoms with Gasteiger partial charge in [-0.05, 0) is 25.0 Å². The van der Waals surface area contributed by atoms with Crippen molar-refractivity contribution in [3.8, 4) is 5.75 Å². The third kappa shape index (κ3) is 4.59. The SMILES string of the molecule is COc1ccccc1[C@@H](O)CNC(C)Cc1ccccc1. The lowest BCUT2D eigenvalue weighted by Gasteiger charge is -2.19. The molecule has 2 N–H and O–H groups in total. The average Bonchev–Trinajstić information content (AvgIpc) is 2.53. The summed E-state index contributed by atoms with van der Waals surface area (Å²) in [7, 11) is 1.62. The molecule has 2 aromatic rings. The molecule has 0 aliphatic heterocycles. The normalized spacial score (nSPS) is 13.7. The summed E-state index contributed by atoms with van der Waals surface area (Å²) in [6, 6.07) is 18.2. The van der Waals surface area contributed by atoms with Crippen LogP contribution in [-0.2, 0) is 6.42 Å². The Kier molecular flexibility index (Phi) is 5.78. The molecule has 0 radical (unpaired) electrons. The zero-order chi connectivity index (χ0) is 15.1. The highest BCUT2D eigenvalue weighted by molar-refractivity contribution is 5.35. The van der Waals surface area contributed by atoms with Gasteiger partial charge >= 0.3 is 0 Å². The molecular formula is C18H23NO2. The van der Waals surface area contributed by atoms with Gasteiger partial charge in [0.15, 0.2) is 0 Å². The van der Waals surface area contributed by atoms with Gasteiger partial charge in [0.2, 0.25) is 0 Å². The van der Waals surface area contributed by atoms with Crippen molar-refractivity contribution < 1.29 is 9.84 Å². The van der Waals surface area contributed by atoms with Crippen molar-refractivity contribution in [2.45, 2.75) is 25.5 Å². The summed E-state index contributed by atoms with van der Waals surface area (Å²) in [6.45, 7) is 2.64. The van der Waals surface area contributed by atoms with Crippen molar-refractivity contribution in [1.82, 2.24) is 5.32 Å². The molecule has 0 aliphatic rings. The Morgan fingerprint density at radius 2 is 1.71 bits per heavy atom. The lowest BCUT2D eigenvalue weighted by atomic mass is 10.1. The summed E-state index contributed by atoms with van der Waals surface area (Å²) in [5, 5.41) is 13.7. The molecule has 0 bridgehead atoms. The molecule has 21 heavy (non-hydrogen) atoms. The van der Waals surface area contributed by atoms with Crippen LogP contribution >= 0.6 is 0 Å². The Morgan fingerprint density at radius 1 is 1.05 bits per heavy atom. The summed E-state index contributed by atoms with van der Waals surface area (Å²) in [4.78, 5) is 0. The number of benzene rings is 2. The summed E-state index contributed by atoms with van der Waals surface area (Å²) >= 11 is 0. The zero-order valence-corrected chi connectivity index (χ0v) is 12.6. The third-order valence-electron chi connectivity index (χ3n) is 3.54. The smallest absolute Gasteiger partial charge is 0.124 e. The van der Waals surface area contributed by atoms with E-state index in [1.54, 1.807) is 7.11 Å². The lowest BCUT2D eigenvalue weighted by Crippen LogP contribution is -2.32. The van der Waals surface area contributed by atoms with E-state index in [1.807, 2.05) is 42.5 Å². The summed E-state index contributed by atoms with van der Waals surface area (Å²) in [6.07, 6.45) is 0.374. The van der Waals surface area contributed by atoms with Gasteiger partial charge in [-0.3, -0.25) is 0 Å². The number of aliphatic hydroxyl groups is 1. The van der Waals surface area contributed by atoms with Crippen molar-refractivity contribution in [2.24, 2.45) is 0 Å². The maximum Gasteiger partial charge on any atom is 0.124 e. The second-order valence-electron chi connectivity index (χ2n) is 5.26. The van der Waals surface area contributed by atoms with Crippen LogP contribution in [0.1, 0.15) is 24.2 Å². The molecule has 2 rings (SSSR count). The van der Waals surface area contributed by atoms with Gasteiger partial charge in [0.05, 0.1) is 13.2 Å². The number of ether oxygens (including phenoxy) is 1. The van der Waals surface area contributed by atoms with Crippen molar-refractivity contribution in [1.29, 1.82) is 0 Å². The molecule has 0 aromatic heterocycles. The molecule has 3 nitrogen and oxygen atoms in total. The minimum absolute atomic E-state index is 0.303. The number of para-hydroxylation sites is 1. The molecule has 0 spiro atoms. The van der Waals surface area contributed by atoms with Crippen molar-refractivity contribution >= 4 is 0 Å². The highest BCUT2D eigenvalue weighted by atomic mass is 16.5. The predicted octanol–water partition coefficient (Wildman–Crippen LogP) is 2.95. The summed E-state index contributed by atoms with van der Waals surface area (Å²) in [5.41, 5.74) is 2.11. The number of nitrogens with one attached hydrogen (secondary N) is 1. The molecular weight excluding hydrogens is 262 g/mol. The quantitative estimate of drug-likeness (QED) is 0.822. The van der Waals surface area contributed by atoms with Crippen LogP contribution in [0, 0.1) is 0 Å². The van der Waals surface area contributed by atoms with Gasteiger partial charge < -0.3 is 15.2 Å². The maximum absolute atomic E-state index is 10.3. The van der Waals surface area contributed by atoms with E-state index in [0.29, 0.717) is 12.6 Å². The van der Waals surface area contributed by atoms with Crippen LogP contribution in [0.25, 0.3) is 0 Å². The fourth-order valence-corrected chi connectivity index (χ4v) is 2.40. The minimum Gasteiger partial charge on any atom is -0.496 e. The lowest BCUT2D eigenvalue weighted by molar-refractivity contribution is 0.166. The molecule has 1 unspecified atom stereocenters. The van der Waals surface area contributed by atoms with Gasteiger partial charge in [0, 0.05) is 18.2 Å². The van der Waals surface area contributed by atoms with Crippen LogP contribution in [0.4, 0.5) is 0 Å². The van der Waals surface area contributed by atoms with E-state index in [9.17, 15) is 5.11 Å². The van der Waals surface area contributed by atoms with E-state index in [4.69, 9.17) is 4.74 Å². The Hall–Kier alpha value is -1.84. The zero-order valence-electron chi connectivity index (χ0n) is 12.6. The predicted molar refractivity (Wildman–Crippen MR) is 85.6 cm³/mol. The summed E-state index contributed by atoms with van der Waals surface area (Å²) < 4.78 is 5.28. The molecule has 0 fully saturated rings. The second-order valence-corrected chi connectivity index (χ2v) is 5.26. The second kappa shape index (κ2) is 7.81. The van der Waals surface area contributed by atoms with Gasteiger partial charge in [-0.2, -0.15) is 0 Å². The molecule has 112 valence electrons. The fourth-order valence-electron chi connectivity index (χ4n) is 2.40. The molecule has 0 heterocycles. The van der Waals surface area contributed by atoms with Gasteiger partial charge in [0.25, 0.3) is 0 Å². The van der Waals surface area contributed by atoms with E-state index in [1.165, 1.54) is 5.56 Å². The first-order valence-electron chi connectivity index (χ1n) is 7.29. The molecule has 0 aliphatic carbocycles. The first kappa shape index (κ1) is 15.5. The Morgan fingerprint density at radius 3 is 2.43 bits per heavy atom. The average molecular weight is 285 g/mol. The number of rotatable bonds is 7. The topological polar surface area (TPSA) is 41.5 Å². The standard InChI is InChI=1S/C18H23NO2/c1-14(12-15-8-4-3-5-9-15)19-13-17(20)16-10-6-7-11-18(16)21-2/h3-11,14,17,19-20H,12-13H2,1-2H3/t14?,17-/m0/s1. The van der Waals surface area contributed by atoms with Gasteiger partial charge in [-0.1, -0.05) is 48.5 Å². The highest BCUT2D eigenvalue weighted by Gasteiger charge is 2.13. The maximum atomic E-state index is 10.3. The van der Waals surface area contributed by atoms with E-state index < -0.39 is 6.10 Å². The molecule has 3 heteroatoms. The largest absolute Gasteiger partial charge is 0.496 e. The van der Waals surface area contributed by atoms with Crippen LogP contribution < -0.4 is 10.1 Å². The van der Waals surface area contributed by atoms with Crippen LogP contribution in [-0.4, -0.2) is 24.8 Å². The van der Waals surface area contributed by atoms with Crippen molar-refractivity contribution in [3.05, 3.63) is 65.7 Å². The van der Waals surface area contributed by atoms with Gasteiger partial charge in [0.1, 0.15) is 5.75 Å². The number of aliphatic hydroxyl groups excluding tert-OH is 1. The molecule has 2 atom stereocenters. The van der Waals surface area contributed by atoms with Crippen LogP contribution in [0.2, 0.25) is 0 Å². The van der Waals surface area contributed by atoms with Crippen LogP contribution in [0.5, 0.6) is 5.75 Å². The molecule has 2 aromatic carbocycles. The summed E-state index contributed by atoms with van der Waals surface area (Å²) in [5.74, 6) is 0.725. The highest BCUT2D eigenvalue weighted by Crippen LogP contribution is 2.24. The Labute approximate surface area is 126 Å². The van der Waals surface area contributed by atoms with Crippen molar-refractivity contribution in [2.75, 3.05) is 13.7 Å². The van der Waals surface area contributed by atoms with E-state index in [0.717, 1.165) is 17.7 Å². The monoisotopic (exact) mass is 285 g/mol. The van der Waals surface area contributed by atoms with Gasteiger partial charge in [-0.15, -0.1) is 0 Å². The Balaban J connectivity index is 1.87. The van der Waals surface area contributed by atoms with Crippen molar-refractivity contribution in [3.63, 3.8) is 0 Å².